The van der Waals surface area contributed by atoms with E-state index in [-0.39, 0.29) is 10.8 Å². The fourth-order valence-electron chi connectivity index (χ4n) is 0.532. The van der Waals surface area contributed by atoms with Crippen molar-refractivity contribution in [2.24, 2.45) is 0 Å². The molecular weight excluding hydrogens is 156 g/mol. The first-order valence-corrected chi connectivity index (χ1v) is 2.95. The summed E-state index contributed by atoms with van der Waals surface area (Å²) in [7, 11) is 1.27. The second-order valence-corrected chi connectivity index (χ2v) is 2.00. The van der Waals surface area contributed by atoms with Crippen molar-refractivity contribution < 1.29 is 13.9 Å². The zero-order valence-corrected chi connectivity index (χ0v) is 6.01. The lowest BCUT2D eigenvalue weighted by atomic mass is 10.4. The van der Waals surface area contributed by atoms with Gasteiger partial charge in [-0.05, 0) is 6.07 Å². The summed E-state index contributed by atoms with van der Waals surface area (Å²) in [5.41, 5.74) is 0. The molecule has 0 unspecified atom stereocenters. The average molecular weight is 161 g/mol. The molecule has 0 fully saturated rings. The first-order valence-electron chi connectivity index (χ1n) is 2.57. The molecule has 0 aliphatic carbocycles. The number of rotatable bonds is 1. The summed E-state index contributed by atoms with van der Waals surface area (Å²) in [6.07, 6.45) is 1.33. The van der Waals surface area contributed by atoms with Crippen molar-refractivity contribution in [1.29, 1.82) is 0 Å². The molecule has 3 nitrogen and oxygen atoms in total. The lowest BCUT2D eigenvalue weighted by Gasteiger charge is -1.92. The second kappa shape index (κ2) is 2.75. The van der Waals surface area contributed by atoms with Crippen molar-refractivity contribution >= 4 is 17.6 Å². The number of ether oxygens (including phenoxy) is 1. The summed E-state index contributed by atoms with van der Waals surface area (Å²) in [6.45, 7) is 0. The van der Waals surface area contributed by atoms with Crippen LogP contribution in [0.2, 0.25) is 5.02 Å². The van der Waals surface area contributed by atoms with Crippen LogP contribution in [-0.2, 0) is 4.74 Å². The first-order chi connectivity index (χ1) is 4.75. The van der Waals surface area contributed by atoms with E-state index < -0.39 is 5.97 Å². The Kier molecular flexibility index (Phi) is 1.97. The molecule has 0 aromatic carbocycles. The van der Waals surface area contributed by atoms with Crippen LogP contribution in [0.15, 0.2) is 16.7 Å². The molecular formula is C6H5ClO3. The molecule has 0 bridgehead atoms. The topological polar surface area (TPSA) is 39.4 Å². The number of hydrogen-bond donors (Lipinski definition) is 0. The number of hydrogen-bond acceptors (Lipinski definition) is 3. The van der Waals surface area contributed by atoms with E-state index in [1.807, 2.05) is 0 Å². The standard InChI is InChI=1S/C6H5ClO3/c1-9-6(8)5-4(7)2-3-10-5/h2-3H,1H3. The van der Waals surface area contributed by atoms with Crippen LogP contribution in [0.4, 0.5) is 0 Å². The van der Waals surface area contributed by atoms with Gasteiger partial charge in [-0.25, -0.2) is 4.79 Å². The number of furan rings is 1. The summed E-state index contributed by atoms with van der Waals surface area (Å²) in [5.74, 6) is -0.515. The highest BCUT2D eigenvalue weighted by Crippen LogP contribution is 2.16. The zero-order valence-electron chi connectivity index (χ0n) is 5.26. The highest BCUT2D eigenvalue weighted by atomic mass is 35.5. The van der Waals surface area contributed by atoms with Crippen molar-refractivity contribution in [3.05, 3.63) is 23.1 Å². The van der Waals surface area contributed by atoms with Crippen LogP contribution < -0.4 is 0 Å². The van der Waals surface area contributed by atoms with E-state index in [4.69, 9.17) is 16.0 Å². The predicted molar refractivity (Wildman–Crippen MR) is 35.1 cm³/mol. The van der Waals surface area contributed by atoms with Crippen LogP contribution in [0.5, 0.6) is 0 Å². The van der Waals surface area contributed by atoms with Gasteiger partial charge in [-0.1, -0.05) is 11.6 Å². The number of methoxy groups -OCH3 is 1. The molecule has 0 atom stereocenters. The minimum Gasteiger partial charge on any atom is -0.463 e. The summed E-state index contributed by atoms with van der Waals surface area (Å²) in [6, 6.07) is 1.48. The minimum atomic E-state index is -0.560. The van der Waals surface area contributed by atoms with Gasteiger partial charge in [0, 0.05) is 0 Å². The third kappa shape index (κ3) is 1.14. The Morgan fingerprint density at radius 2 is 2.50 bits per heavy atom. The minimum absolute atomic E-state index is 0.0455. The molecule has 0 aliphatic rings. The quantitative estimate of drug-likeness (QED) is 0.588. The summed E-state index contributed by atoms with van der Waals surface area (Å²) in [4.78, 5) is 10.7. The molecule has 54 valence electrons. The lowest BCUT2D eigenvalue weighted by Crippen LogP contribution is -1.99. The predicted octanol–water partition coefficient (Wildman–Crippen LogP) is 1.72. The van der Waals surface area contributed by atoms with Gasteiger partial charge in [0.2, 0.25) is 5.76 Å². The van der Waals surface area contributed by atoms with Crippen molar-refractivity contribution in [3.63, 3.8) is 0 Å². The van der Waals surface area contributed by atoms with Crippen LogP contribution in [-0.4, -0.2) is 13.1 Å². The largest absolute Gasteiger partial charge is 0.463 e. The monoisotopic (exact) mass is 160 g/mol. The van der Waals surface area contributed by atoms with E-state index in [1.165, 1.54) is 19.4 Å². The van der Waals surface area contributed by atoms with Gasteiger partial charge >= 0.3 is 5.97 Å². The van der Waals surface area contributed by atoms with E-state index in [0.717, 1.165) is 0 Å². The zero-order chi connectivity index (χ0) is 7.56. The molecule has 0 saturated heterocycles. The summed E-state index contributed by atoms with van der Waals surface area (Å²) in [5, 5.41) is 0.270. The van der Waals surface area contributed by atoms with Crippen molar-refractivity contribution in [1.82, 2.24) is 0 Å². The molecule has 0 amide bonds. The normalized spacial score (nSPS) is 9.40. The maximum Gasteiger partial charge on any atom is 0.375 e. The van der Waals surface area contributed by atoms with Gasteiger partial charge in [0.05, 0.1) is 18.4 Å². The molecule has 0 spiro atoms. The Bertz CT molecular complexity index is 241. The summed E-state index contributed by atoms with van der Waals surface area (Å²) >= 11 is 5.52. The molecule has 4 heteroatoms. The molecule has 1 rings (SSSR count). The van der Waals surface area contributed by atoms with E-state index in [1.54, 1.807) is 0 Å². The average Bonchev–Trinajstić information content (AvgIpc) is 2.34. The molecule has 0 radical (unpaired) electrons. The molecule has 1 aromatic rings. The van der Waals surface area contributed by atoms with Crippen LogP contribution in [0.1, 0.15) is 10.6 Å². The fraction of sp³-hybridized carbons (Fsp3) is 0.167. The number of halogens is 1. The number of carbonyl (C=O) groups is 1. The fourth-order valence-corrected chi connectivity index (χ4v) is 0.705. The van der Waals surface area contributed by atoms with Gasteiger partial charge in [-0.15, -0.1) is 0 Å². The third-order valence-corrected chi connectivity index (χ3v) is 1.29. The van der Waals surface area contributed by atoms with Gasteiger partial charge in [0.25, 0.3) is 0 Å². The van der Waals surface area contributed by atoms with Crippen molar-refractivity contribution in [2.45, 2.75) is 0 Å². The Morgan fingerprint density at radius 3 is 2.90 bits per heavy atom. The smallest absolute Gasteiger partial charge is 0.375 e. The molecule has 0 saturated carbocycles. The Labute approximate surface area is 62.5 Å². The Hall–Kier alpha value is -0.960. The lowest BCUT2D eigenvalue weighted by molar-refractivity contribution is 0.0565. The molecule has 10 heavy (non-hydrogen) atoms. The maximum absolute atomic E-state index is 10.7. The molecule has 0 aliphatic heterocycles. The van der Waals surface area contributed by atoms with Gasteiger partial charge in [-0.2, -0.15) is 0 Å². The van der Waals surface area contributed by atoms with Gasteiger partial charge < -0.3 is 9.15 Å². The molecule has 1 heterocycles. The number of carbonyl (C=O) groups excluding carboxylic acids is 1. The van der Waals surface area contributed by atoms with E-state index in [0.29, 0.717) is 0 Å². The van der Waals surface area contributed by atoms with E-state index >= 15 is 0 Å². The van der Waals surface area contributed by atoms with E-state index in [2.05, 4.69) is 4.74 Å². The molecule has 0 N–H and O–H groups in total. The van der Waals surface area contributed by atoms with Crippen molar-refractivity contribution in [2.75, 3.05) is 7.11 Å². The third-order valence-electron chi connectivity index (χ3n) is 0.988. The van der Waals surface area contributed by atoms with Crippen LogP contribution in [0, 0.1) is 0 Å². The van der Waals surface area contributed by atoms with Gasteiger partial charge in [0.15, 0.2) is 0 Å². The highest BCUT2D eigenvalue weighted by Gasteiger charge is 2.13. The Balaban J connectivity index is 2.93. The van der Waals surface area contributed by atoms with Gasteiger partial charge in [0.1, 0.15) is 0 Å². The molecule has 1 aromatic heterocycles. The highest BCUT2D eigenvalue weighted by molar-refractivity contribution is 6.33. The maximum atomic E-state index is 10.7. The number of esters is 1. The Morgan fingerprint density at radius 1 is 1.80 bits per heavy atom. The second-order valence-electron chi connectivity index (χ2n) is 1.59. The van der Waals surface area contributed by atoms with E-state index in [9.17, 15) is 4.79 Å². The van der Waals surface area contributed by atoms with Crippen LogP contribution in [0.3, 0.4) is 0 Å². The van der Waals surface area contributed by atoms with Crippen LogP contribution in [0.25, 0.3) is 0 Å². The van der Waals surface area contributed by atoms with Gasteiger partial charge in [-0.3, -0.25) is 0 Å². The van der Waals surface area contributed by atoms with Crippen LogP contribution >= 0.6 is 11.6 Å². The first kappa shape index (κ1) is 7.15. The summed E-state index contributed by atoms with van der Waals surface area (Å²) < 4.78 is 9.07. The SMILES string of the molecule is COC(=O)c1occc1Cl. The van der Waals surface area contributed by atoms with Crippen molar-refractivity contribution in [3.8, 4) is 0 Å².